The Hall–Kier alpha value is -4.63. The van der Waals surface area contributed by atoms with Crippen molar-refractivity contribution in [2.75, 3.05) is 0 Å². The predicted octanol–water partition coefficient (Wildman–Crippen LogP) is 7.51. The third-order valence-corrected chi connectivity index (χ3v) is 7.56. The molecule has 2 aliphatic rings. The third kappa shape index (κ3) is 2.23. The maximum Gasteiger partial charge on any atom is 0.331 e. The minimum Gasteiger partial charge on any atom is -0.455 e. The first-order valence-corrected chi connectivity index (χ1v) is 11.7. The zero-order valence-corrected chi connectivity index (χ0v) is 18.6. The van der Waals surface area contributed by atoms with E-state index in [0.29, 0.717) is 17.2 Å². The number of rotatable bonds is 0. The van der Waals surface area contributed by atoms with Crippen LogP contribution in [0.4, 0.5) is 0 Å². The molecule has 0 unspecified atom stereocenters. The van der Waals surface area contributed by atoms with Gasteiger partial charge in [0.05, 0.1) is 0 Å². The lowest BCUT2D eigenvalue weighted by Gasteiger charge is -2.36. The fourth-order valence-corrected chi connectivity index (χ4v) is 5.98. The topological polar surface area (TPSA) is 35.5 Å². The molecule has 0 aliphatic carbocycles. The van der Waals surface area contributed by atoms with Gasteiger partial charge in [-0.25, -0.2) is 4.79 Å². The van der Waals surface area contributed by atoms with Crippen molar-refractivity contribution in [3.05, 3.63) is 126 Å². The number of carbonyl (C=O) groups excluding carboxylic acids is 1. The van der Waals surface area contributed by atoms with E-state index in [1.54, 1.807) is 0 Å². The molecule has 0 aromatic heterocycles. The highest BCUT2D eigenvalue weighted by Crippen LogP contribution is 2.60. The molecule has 0 saturated carbocycles. The molecule has 0 bridgehead atoms. The normalized spacial score (nSPS) is 15.0. The molecule has 0 saturated heterocycles. The fourth-order valence-electron chi connectivity index (χ4n) is 5.98. The number of fused-ring (bicyclic) bond motifs is 12. The molecule has 0 atom stereocenters. The monoisotopic (exact) mass is 450 g/mol. The van der Waals surface area contributed by atoms with Gasteiger partial charge in [-0.15, -0.1) is 0 Å². The molecular formula is C32H18O3. The van der Waals surface area contributed by atoms with Crippen LogP contribution >= 0.6 is 0 Å². The summed E-state index contributed by atoms with van der Waals surface area (Å²) < 4.78 is 12.9. The molecule has 0 N–H and O–H groups in total. The second-order valence-electron chi connectivity index (χ2n) is 9.23. The summed E-state index contributed by atoms with van der Waals surface area (Å²) in [5, 5.41) is 6.06. The Morgan fingerprint density at radius 1 is 0.429 bits per heavy atom. The van der Waals surface area contributed by atoms with E-state index in [1.165, 1.54) is 0 Å². The maximum atomic E-state index is 14.2. The van der Waals surface area contributed by atoms with Crippen molar-refractivity contribution in [1.82, 2.24) is 0 Å². The van der Waals surface area contributed by atoms with Crippen LogP contribution in [-0.2, 0) is 10.2 Å². The van der Waals surface area contributed by atoms with Crippen LogP contribution in [0.3, 0.4) is 0 Å². The molecule has 6 aromatic carbocycles. The van der Waals surface area contributed by atoms with E-state index in [4.69, 9.17) is 9.47 Å². The van der Waals surface area contributed by atoms with Crippen LogP contribution in [-0.4, -0.2) is 5.97 Å². The predicted molar refractivity (Wildman–Crippen MR) is 137 cm³/mol. The number of ether oxygens (including phenoxy) is 2. The van der Waals surface area contributed by atoms with Gasteiger partial charge in [-0.3, -0.25) is 0 Å². The first kappa shape index (κ1) is 18.8. The molecule has 3 nitrogen and oxygen atoms in total. The van der Waals surface area contributed by atoms with Crippen LogP contribution in [0.15, 0.2) is 109 Å². The van der Waals surface area contributed by atoms with Crippen molar-refractivity contribution < 1.29 is 14.3 Å². The van der Waals surface area contributed by atoms with Gasteiger partial charge in [-0.1, -0.05) is 109 Å². The molecule has 0 amide bonds. The van der Waals surface area contributed by atoms with Gasteiger partial charge in [0.2, 0.25) is 0 Å². The molecule has 2 heterocycles. The maximum absolute atomic E-state index is 14.2. The highest BCUT2D eigenvalue weighted by atomic mass is 16.5. The summed E-state index contributed by atoms with van der Waals surface area (Å²) in [6, 6.07) is 36.6. The van der Waals surface area contributed by atoms with E-state index in [1.807, 2.05) is 66.7 Å². The second kappa shape index (κ2) is 6.49. The quantitative estimate of drug-likeness (QED) is 0.177. The van der Waals surface area contributed by atoms with E-state index in [2.05, 4.69) is 42.5 Å². The molecule has 0 fully saturated rings. The van der Waals surface area contributed by atoms with Crippen LogP contribution in [0, 0.1) is 0 Å². The van der Waals surface area contributed by atoms with Gasteiger partial charge in [0.25, 0.3) is 0 Å². The van der Waals surface area contributed by atoms with Crippen molar-refractivity contribution in [2.24, 2.45) is 0 Å². The zero-order chi connectivity index (χ0) is 23.1. The van der Waals surface area contributed by atoms with Crippen LogP contribution in [0.2, 0.25) is 0 Å². The van der Waals surface area contributed by atoms with Gasteiger partial charge in [-0.05, 0) is 16.2 Å². The zero-order valence-electron chi connectivity index (χ0n) is 18.6. The molecule has 2 aliphatic heterocycles. The summed E-state index contributed by atoms with van der Waals surface area (Å²) in [6.45, 7) is 0. The molecule has 0 radical (unpaired) electrons. The Morgan fingerprint density at radius 3 is 1.23 bits per heavy atom. The Kier molecular flexibility index (Phi) is 3.48. The second-order valence-corrected chi connectivity index (χ2v) is 9.23. The number of carbonyl (C=O) groups is 1. The van der Waals surface area contributed by atoms with E-state index in [0.717, 1.165) is 49.0 Å². The summed E-state index contributed by atoms with van der Waals surface area (Å²) in [5.41, 5.74) is 1.38. The molecule has 3 heteroatoms. The van der Waals surface area contributed by atoms with Crippen molar-refractivity contribution in [1.29, 1.82) is 0 Å². The summed E-state index contributed by atoms with van der Waals surface area (Å²) in [4.78, 5) is 14.2. The minimum absolute atomic E-state index is 0.291. The van der Waals surface area contributed by atoms with E-state index in [9.17, 15) is 4.79 Å². The van der Waals surface area contributed by atoms with Gasteiger partial charge in [0.1, 0.15) is 17.2 Å². The van der Waals surface area contributed by atoms with Crippen LogP contribution in [0.1, 0.15) is 16.7 Å². The van der Waals surface area contributed by atoms with Gasteiger partial charge in [0.15, 0.2) is 5.41 Å². The van der Waals surface area contributed by atoms with Crippen molar-refractivity contribution in [3.63, 3.8) is 0 Å². The smallest absolute Gasteiger partial charge is 0.331 e. The lowest BCUT2D eigenvalue weighted by Crippen LogP contribution is -2.39. The average Bonchev–Trinajstić information content (AvgIpc) is 3.21. The standard InChI is InChI=1S/C32H18O3/c33-31-32(27-18-15-21-9-3-6-12-24(21)30(27)35-31)25-16-13-19-7-1-4-10-22(19)28(25)34-29-23-11-5-2-8-20(23)14-17-26(29)32/h1-18H. The lowest BCUT2D eigenvalue weighted by atomic mass is 9.67. The number of benzene rings is 6. The Labute approximate surface area is 201 Å². The first-order chi connectivity index (χ1) is 17.3. The largest absolute Gasteiger partial charge is 0.455 e. The van der Waals surface area contributed by atoms with Gasteiger partial charge >= 0.3 is 5.97 Å². The summed E-state index contributed by atoms with van der Waals surface area (Å²) in [7, 11) is 0. The average molecular weight is 450 g/mol. The number of hydrogen-bond acceptors (Lipinski definition) is 3. The van der Waals surface area contributed by atoms with Crippen molar-refractivity contribution in [2.45, 2.75) is 5.41 Å². The number of hydrogen-bond donors (Lipinski definition) is 0. The Balaban J connectivity index is 1.58. The lowest BCUT2D eigenvalue weighted by molar-refractivity contribution is -0.135. The highest BCUT2D eigenvalue weighted by Gasteiger charge is 2.57. The SMILES string of the molecule is O=C1Oc2c(ccc3ccccc23)C12c1ccc3ccccc3c1Oc1c2ccc2ccccc12. The fraction of sp³-hybridized carbons (Fsp3) is 0.0312. The van der Waals surface area contributed by atoms with Crippen LogP contribution < -0.4 is 9.47 Å². The van der Waals surface area contributed by atoms with Crippen molar-refractivity contribution in [3.8, 4) is 17.2 Å². The van der Waals surface area contributed by atoms with Gasteiger partial charge in [0, 0.05) is 32.8 Å². The Bertz CT molecular complexity index is 1800. The minimum atomic E-state index is -1.11. The number of esters is 1. The first-order valence-electron chi connectivity index (χ1n) is 11.7. The van der Waals surface area contributed by atoms with Gasteiger partial charge in [-0.2, -0.15) is 0 Å². The highest BCUT2D eigenvalue weighted by molar-refractivity contribution is 6.09. The van der Waals surface area contributed by atoms with Crippen LogP contribution in [0.5, 0.6) is 17.2 Å². The van der Waals surface area contributed by atoms with E-state index in [-0.39, 0.29) is 5.97 Å². The summed E-state index contributed by atoms with van der Waals surface area (Å²) in [6.07, 6.45) is 0. The van der Waals surface area contributed by atoms with Crippen LogP contribution in [0.25, 0.3) is 32.3 Å². The van der Waals surface area contributed by atoms with Crippen molar-refractivity contribution >= 4 is 38.3 Å². The third-order valence-electron chi connectivity index (χ3n) is 7.56. The van der Waals surface area contributed by atoms with E-state index < -0.39 is 5.41 Å². The summed E-state index contributed by atoms with van der Waals surface area (Å²) >= 11 is 0. The molecule has 6 aromatic rings. The molecule has 8 rings (SSSR count). The van der Waals surface area contributed by atoms with E-state index >= 15 is 0 Å². The van der Waals surface area contributed by atoms with Gasteiger partial charge < -0.3 is 9.47 Å². The molecule has 35 heavy (non-hydrogen) atoms. The molecule has 1 spiro atoms. The summed E-state index contributed by atoms with van der Waals surface area (Å²) in [5.74, 6) is 1.77. The molecule has 164 valence electrons. The Morgan fingerprint density at radius 2 is 0.800 bits per heavy atom. The molecular weight excluding hydrogens is 432 g/mol.